The Morgan fingerprint density at radius 2 is 1.87 bits per heavy atom. The zero-order chi connectivity index (χ0) is 21.3. The number of piperidine rings is 1. The molecule has 1 aromatic heterocycles. The average Bonchev–Trinajstić information content (AvgIpc) is 3.10. The molecule has 0 radical (unpaired) electrons. The number of fused-ring (bicyclic) bond motifs is 1. The van der Waals surface area contributed by atoms with Crippen LogP contribution in [0.15, 0.2) is 42.5 Å². The maximum atomic E-state index is 12.7. The molecule has 158 valence electrons. The van der Waals surface area contributed by atoms with Crippen LogP contribution in [-0.2, 0) is 14.8 Å². The molecule has 2 aromatic carbocycles. The smallest absolute Gasteiger partial charge is 0.229 e. The quantitative estimate of drug-likeness (QED) is 0.624. The number of benzene rings is 2. The Bertz CT molecular complexity index is 1180. The SMILES string of the molecule is Cc1ccc2nc(N3CCC(C(=O)Nc4cccc(NS(C)(=O)=O)c4)CC3)sc2c1. The second kappa shape index (κ2) is 8.23. The lowest BCUT2D eigenvalue weighted by molar-refractivity contribution is -0.120. The van der Waals surface area contributed by atoms with E-state index in [0.29, 0.717) is 11.4 Å². The molecule has 9 heteroatoms. The first-order valence-electron chi connectivity index (χ1n) is 9.78. The minimum absolute atomic E-state index is 0.0360. The van der Waals surface area contributed by atoms with Gasteiger partial charge < -0.3 is 10.2 Å². The number of aryl methyl sites for hydroxylation is 1. The number of nitrogens with zero attached hydrogens (tertiary/aromatic N) is 2. The largest absolute Gasteiger partial charge is 0.348 e. The van der Waals surface area contributed by atoms with Crippen molar-refractivity contribution >= 4 is 54.0 Å². The number of thiazole rings is 1. The number of carbonyl (C=O) groups excluding carboxylic acids is 1. The Morgan fingerprint density at radius 1 is 1.13 bits per heavy atom. The minimum atomic E-state index is -3.36. The van der Waals surface area contributed by atoms with Crippen LogP contribution >= 0.6 is 11.3 Å². The van der Waals surface area contributed by atoms with Crippen LogP contribution in [0.25, 0.3) is 10.2 Å². The van der Waals surface area contributed by atoms with E-state index >= 15 is 0 Å². The lowest BCUT2D eigenvalue weighted by Crippen LogP contribution is -2.38. The topological polar surface area (TPSA) is 91.4 Å². The molecule has 4 rings (SSSR count). The maximum Gasteiger partial charge on any atom is 0.229 e. The molecule has 0 spiro atoms. The van der Waals surface area contributed by atoms with E-state index in [-0.39, 0.29) is 11.8 Å². The van der Waals surface area contributed by atoms with E-state index in [9.17, 15) is 13.2 Å². The highest BCUT2D eigenvalue weighted by Gasteiger charge is 2.26. The van der Waals surface area contributed by atoms with Crippen molar-refractivity contribution in [2.24, 2.45) is 5.92 Å². The standard InChI is InChI=1S/C21H24N4O3S2/c1-14-6-7-18-19(12-14)29-21(23-18)25-10-8-15(9-11-25)20(26)22-16-4-3-5-17(13-16)24-30(2,27)28/h3-7,12-13,15,24H,8-11H2,1-2H3,(H,22,26). The third-order valence-corrected chi connectivity index (χ3v) is 6.79. The minimum Gasteiger partial charge on any atom is -0.348 e. The molecule has 1 fully saturated rings. The van der Waals surface area contributed by atoms with Crippen molar-refractivity contribution < 1.29 is 13.2 Å². The van der Waals surface area contributed by atoms with Crippen LogP contribution in [0.3, 0.4) is 0 Å². The summed E-state index contributed by atoms with van der Waals surface area (Å²) in [6, 6.07) is 13.0. The van der Waals surface area contributed by atoms with Crippen molar-refractivity contribution in [2.75, 3.05) is 34.3 Å². The molecule has 0 aliphatic carbocycles. The lowest BCUT2D eigenvalue weighted by Gasteiger charge is -2.31. The highest BCUT2D eigenvalue weighted by atomic mass is 32.2. The summed E-state index contributed by atoms with van der Waals surface area (Å²) in [7, 11) is -3.36. The van der Waals surface area contributed by atoms with Crippen LogP contribution in [0.2, 0.25) is 0 Å². The van der Waals surface area contributed by atoms with Gasteiger partial charge in [-0.1, -0.05) is 23.5 Å². The van der Waals surface area contributed by atoms with Crippen molar-refractivity contribution in [1.29, 1.82) is 0 Å². The number of nitrogens with one attached hydrogen (secondary N) is 2. The van der Waals surface area contributed by atoms with Crippen LogP contribution < -0.4 is 14.9 Å². The summed E-state index contributed by atoms with van der Waals surface area (Å²) in [6.07, 6.45) is 2.60. The molecule has 0 bridgehead atoms. The molecule has 7 nitrogen and oxygen atoms in total. The van der Waals surface area contributed by atoms with Crippen LogP contribution in [-0.4, -0.2) is 38.7 Å². The molecule has 0 unspecified atom stereocenters. The van der Waals surface area contributed by atoms with Crippen LogP contribution in [0.5, 0.6) is 0 Å². The van der Waals surface area contributed by atoms with Crippen molar-refractivity contribution in [3.63, 3.8) is 0 Å². The molecule has 3 aromatic rings. The third kappa shape index (κ3) is 4.91. The Morgan fingerprint density at radius 3 is 2.60 bits per heavy atom. The van der Waals surface area contributed by atoms with Gasteiger partial charge in [0.1, 0.15) is 0 Å². The molecular weight excluding hydrogens is 420 g/mol. The summed E-state index contributed by atoms with van der Waals surface area (Å²) in [5.74, 6) is -0.115. The van der Waals surface area contributed by atoms with Crippen LogP contribution in [0, 0.1) is 12.8 Å². The van der Waals surface area contributed by atoms with Gasteiger partial charge in [0.05, 0.1) is 22.2 Å². The molecule has 2 heterocycles. The summed E-state index contributed by atoms with van der Waals surface area (Å²) in [6.45, 7) is 3.65. The van der Waals surface area contributed by atoms with E-state index < -0.39 is 10.0 Å². The molecule has 0 atom stereocenters. The highest BCUT2D eigenvalue weighted by molar-refractivity contribution is 7.92. The van der Waals surface area contributed by atoms with E-state index in [1.54, 1.807) is 35.6 Å². The lowest BCUT2D eigenvalue weighted by atomic mass is 9.96. The van der Waals surface area contributed by atoms with Gasteiger partial charge in [-0.05, 0) is 55.7 Å². The van der Waals surface area contributed by atoms with Gasteiger partial charge in [0.25, 0.3) is 0 Å². The summed E-state index contributed by atoms with van der Waals surface area (Å²) in [5.41, 5.74) is 3.25. The number of aromatic nitrogens is 1. The number of anilines is 3. The van der Waals surface area contributed by atoms with E-state index in [1.165, 1.54) is 10.3 Å². The Kier molecular flexibility index (Phi) is 5.66. The molecule has 1 saturated heterocycles. The molecule has 30 heavy (non-hydrogen) atoms. The zero-order valence-electron chi connectivity index (χ0n) is 16.9. The van der Waals surface area contributed by atoms with Crippen LogP contribution in [0.1, 0.15) is 18.4 Å². The fourth-order valence-corrected chi connectivity index (χ4v) is 5.28. The summed E-state index contributed by atoms with van der Waals surface area (Å²) in [5, 5.41) is 3.92. The van der Waals surface area contributed by atoms with E-state index in [1.807, 2.05) is 0 Å². The van der Waals surface area contributed by atoms with Gasteiger partial charge in [-0.15, -0.1) is 0 Å². The predicted molar refractivity (Wildman–Crippen MR) is 123 cm³/mol. The molecule has 1 amide bonds. The van der Waals surface area contributed by atoms with Gasteiger partial charge in [-0.2, -0.15) is 0 Å². The van der Waals surface area contributed by atoms with Gasteiger partial charge in [0.2, 0.25) is 15.9 Å². The van der Waals surface area contributed by atoms with Gasteiger partial charge in [-0.25, -0.2) is 13.4 Å². The van der Waals surface area contributed by atoms with Crippen molar-refractivity contribution in [3.8, 4) is 0 Å². The number of rotatable bonds is 5. The molecule has 1 aliphatic heterocycles. The van der Waals surface area contributed by atoms with Gasteiger partial charge >= 0.3 is 0 Å². The van der Waals surface area contributed by atoms with E-state index in [0.717, 1.165) is 42.8 Å². The first kappa shape index (κ1) is 20.6. The maximum absolute atomic E-state index is 12.7. The zero-order valence-corrected chi connectivity index (χ0v) is 18.5. The van der Waals surface area contributed by atoms with Gasteiger partial charge in [0.15, 0.2) is 5.13 Å². The molecule has 2 N–H and O–H groups in total. The fourth-order valence-electron chi connectivity index (χ4n) is 3.61. The Hall–Kier alpha value is -2.65. The average molecular weight is 445 g/mol. The fraction of sp³-hybridized carbons (Fsp3) is 0.333. The molecule has 0 saturated carbocycles. The second-order valence-corrected chi connectivity index (χ2v) is 10.4. The number of hydrogen-bond acceptors (Lipinski definition) is 6. The molecule has 1 aliphatic rings. The monoisotopic (exact) mass is 444 g/mol. The normalized spacial score (nSPS) is 15.3. The number of hydrogen-bond donors (Lipinski definition) is 2. The van der Waals surface area contributed by atoms with Gasteiger partial charge in [-0.3, -0.25) is 9.52 Å². The third-order valence-electron chi connectivity index (χ3n) is 5.10. The number of carbonyl (C=O) groups is 1. The van der Waals surface area contributed by atoms with Crippen LogP contribution in [0.4, 0.5) is 16.5 Å². The molecular formula is C21H24N4O3S2. The van der Waals surface area contributed by atoms with E-state index in [4.69, 9.17) is 4.98 Å². The Balaban J connectivity index is 1.36. The number of amides is 1. The number of sulfonamides is 1. The summed E-state index contributed by atoms with van der Waals surface area (Å²) < 4.78 is 26.4. The van der Waals surface area contributed by atoms with Crippen molar-refractivity contribution in [2.45, 2.75) is 19.8 Å². The second-order valence-electron chi connectivity index (χ2n) is 7.67. The Labute approximate surface area is 180 Å². The van der Waals surface area contributed by atoms with Gasteiger partial charge in [0, 0.05) is 24.7 Å². The summed E-state index contributed by atoms with van der Waals surface area (Å²) in [4.78, 5) is 19.7. The van der Waals surface area contributed by atoms with Crippen molar-refractivity contribution in [1.82, 2.24) is 4.98 Å². The predicted octanol–water partition coefficient (Wildman–Crippen LogP) is 3.83. The van der Waals surface area contributed by atoms with E-state index in [2.05, 4.69) is 40.1 Å². The summed E-state index contributed by atoms with van der Waals surface area (Å²) >= 11 is 1.69. The highest BCUT2D eigenvalue weighted by Crippen LogP contribution is 2.32. The van der Waals surface area contributed by atoms with Crippen molar-refractivity contribution in [3.05, 3.63) is 48.0 Å². The first-order valence-corrected chi connectivity index (χ1v) is 12.5. The first-order chi connectivity index (χ1) is 14.3.